The molecule has 0 bridgehead atoms. The minimum absolute atomic E-state index is 0.155. The van der Waals surface area contributed by atoms with E-state index in [0.717, 1.165) is 11.3 Å². The molecule has 2 aromatic carbocycles. The van der Waals surface area contributed by atoms with Gasteiger partial charge in [0, 0.05) is 21.5 Å². The third-order valence-electron chi connectivity index (χ3n) is 3.50. The summed E-state index contributed by atoms with van der Waals surface area (Å²) < 4.78 is 1.69. The van der Waals surface area contributed by atoms with Crippen molar-refractivity contribution in [2.45, 2.75) is 0 Å². The molecule has 3 rings (SSSR count). The molecular formula is C19H15Cl2N3OS. The van der Waals surface area contributed by atoms with Gasteiger partial charge in [0.15, 0.2) is 0 Å². The fourth-order valence-electron chi connectivity index (χ4n) is 2.26. The standard InChI is InChI=1S/C19H15Cl2N3OS/c1-2-9-22-19-24(23-11-13-5-3-4-6-18(13)25)17(12-26-19)15-8-7-14(20)10-16(15)21/h2-8,10-12,25H,1,9H2. The van der Waals surface area contributed by atoms with Gasteiger partial charge in [-0.1, -0.05) is 41.4 Å². The van der Waals surface area contributed by atoms with E-state index < -0.39 is 0 Å². The molecule has 0 aliphatic carbocycles. The molecule has 0 saturated heterocycles. The molecule has 0 amide bonds. The Bertz CT molecular complexity index is 1040. The van der Waals surface area contributed by atoms with Gasteiger partial charge in [-0.3, -0.25) is 4.99 Å². The Morgan fingerprint density at radius 2 is 2.00 bits per heavy atom. The minimum Gasteiger partial charge on any atom is -0.507 e. The average molecular weight is 404 g/mol. The molecule has 3 aromatic rings. The number of halogens is 2. The van der Waals surface area contributed by atoms with E-state index >= 15 is 0 Å². The highest BCUT2D eigenvalue weighted by molar-refractivity contribution is 7.07. The lowest BCUT2D eigenvalue weighted by Gasteiger charge is -2.06. The van der Waals surface area contributed by atoms with Gasteiger partial charge in [-0.2, -0.15) is 5.10 Å². The van der Waals surface area contributed by atoms with Crippen LogP contribution in [0.2, 0.25) is 10.0 Å². The van der Waals surface area contributed by atoms with Crippen LogP contribution in [0.5, 0.6) is 5.75 Å². The molecule has 1 aromatic heterocycles. The van der Waals surface area contributed by atoms with Gasteiger partial charge < -0.3 is 5.11 Å². The van der Waals surface area contributed by atoms with Gasteiger partial charge in [0.2, 0.25) is 4.80 Å². The molecule has 0 spiro atoms. The molecule has 0 fully saturated rings. The normalized spacial score (nSPS) is 12.0. The lowest BCUT2D eigenvalue weighted by molar-refractivity contribution is 0.474. The predicted molar refractivity (Wildman–Crippen MR) is 109 cm³/mol. The average Bonchev–Trinajstić information content (AvgIpc) is 3.02. The third-order valence-corrected chi connectivity index (χ3v) is 4.90. The molecule has 0 aliphatic heterocycles. The van der Waals surface area contributed by atoms with Crippen LogP contribution in [0.1, 0.15) is 5.56 Å². The number of aromatic hydroxyl groups is 1. The van der Waals surface area contributed by atoms with Gasteiger partial charge >= 0.3 is 0 Å². The summed E-state index contributed by atoms with van der Waals surface area (Å²) >= 11 is 13.8. The highest BCUT2D eigenvalue weighted by Gasteiger charge is 2.11. The Morgan fingerprint density at radius 3 is 2.73 bits per heavy atom. The quantitative estimate of drug-likeness (QED) is 0.461. The number of rotatable bonds is 5. The van der Waals surface area contributed by atoms with Crippen molar-refractivity contribution in [2.24, 2.45) is 10.1 Å². The lowest BCUT2D eigenvalue weighted by atomic mass is 10.2. The molecule has 0 unspecified atom stereocenters. The first-order valence-corrected chi connectivity index (χ1v) is 9.33. The van der Waals surface area contributed by atoms with Crippen LogP contribution < -0.4 is 4.80 Å². The Morgan fingerprint density at radius 1 is 1.19 bits per heavy atom. The molecule has 1 heterocycles. The van der Waals surface area contributed by atoms with Crippen molar-refractivity contribution in [2.75, 3.05) is 6.54 Å². The van der Waals surface area contributed by atoms with Crippen molar-refractivity contribution in [1.82, 2.24) is 4.68 Å². The summed E-state index contributed by atoms with van der Waals surface area (Å²) in [6.45, 7) is 4.17. The fourth-order valence-corrected chi connectivity index (χ4v) is 3.60. The summed E-state index contributed by atoms with van der Waals surface area (Å²) in [5, 5.41) is 17.5. The summed E-state index contributed by atoms with van der Waals surface area (Å²) in [5.74, 6) is 0.155. The number of thiazole rings is 1. The fraction of sp³-hybridized carbons (Fsp3) is 0.0526. The Labute approximate surface area is 165 Å². The number of aromatic nitrogens is 1. The number of hydrogen-bond acceptors (Lipinski definition) is 4. The van der Waals surface area contributed by atoms with Crippen LogP contribution in [0, 0.1) is 0 Å². The summed E-state index contributed by atoms with van der Waals surface area (Å²) in [4.78, 5) is 5.16. The third kappa shape index (κ3) is 4.07. The summed E-state index contributed by atoms with van der Waals surface area (Å²) in [5.41, 5.74) is 2.18. The van der Waals surface area contributed by atoms with Crippen LogP contribution >= 0.6 is 34.5 Å². The van der Waals surface area contributed by atoms with Gasteiger partial charge in [0.1, 0.15) is 5.75 Å². The van der Waals surface area contributed by atoms with E-state index in [4.69, 9.17) is 23.2 Å². The molecule has 1 N–H and O–H groups in total. The van der Waals surface area contributed by atoms with Gasteiger partial charge in [0.25, 0.3) is 0 Å². The van der Waals surface area contributed by atoms with Crippen LogP contribution in [0.4, 0.5) is 0 Å². The van der Waals surface area contributed by atoms with E-state index in [0.29, 0.717) is 27.0 Å². The van der Waals surface area contributed by atoms with Crippen molar-refractivity contribution < 1.29 is 5.11 Å². The molecule has 0 atom stereocenters. The number of benzene rings is 2. The van der Waals surface area contributed by atoms with E-state index in [2.05, 4.69) is 16.7 Å². The number of para-hydroxylation sites is 1. The second kappa shape index (κ2) is 8.36. The molecule has 7 heteroatoms. The first-order valence-electron chi connectivity index (χ1n) is 7.70. The molecular weight excluding hydrogens is 389 g/mol. The van der Waals surface area contributed by atoms with Gasteiger partial charge in [-0.25, -0.2) is 4.68 Å². The number of phenolic OH excluding ortho intramolecular Hbond substituents is 1. The van der Waals surface area contributed by atoms with Gasteiger partial charge in [0.05, 0.1) is 23.5 Å². The van der Waals surface area contributed by atoms with Gasteiger partial charge in [-0.15, -0.1) is 17.9 Å². The number of phenols is 1. The van der Waals surface area contributed by atoms with Crippen LogP contribution in [0.3, 0.4) is 0 Å². The molecule has 0 saturated carbocycles. The largest absolute Gasteiger partial charge is 0.507 e. The zero-order valence-electron chi connectivity index (χ0n) is 13.6. The Hall–Kier alpha value is -2.34. The monoisotopic (exact) mass is 403 g/mol. The Kier molecular flexibility index (Phi) is 5.93. The number of hydrogen-bond donors (Lipinski definition) is 1. The summed E-state index contributed by atoms with van der Waals surface area (Å²) in [6.07, 6.45) is 3.30. The maximum Gasteiger partial charge on any atom is 0.206 e. The van der Waals surface area contributed by atoms with Crippen LogP contribution in [0.15, 0.2) is 70.6 Å². The minimum atomic E-state index is 0.155. The maximum absolute atomic E-state index is 9.94. The lowest BCUT2D eigenvalue weighted by Crippen LogP contribution is -2.12. The van der Waals surface area contributed by atoms with Crippen molar-refractivity contribution in [1.29, 1.82) is 0 Å². The number of nitrogens with zero attached hydrogens (tertiary/aromatic N) is 3. The van der Waals surface area contributed by atoms with Crippen molar-refractivity contribution in [3.05, 3.63) is 80.9 Å². The molecule has 0 radical (unpaired) electrons. The SMILES string of the molecule is C=CCN=c1scc(-c2ccc(Cl)cc2Cl)n1N=Cc1ccccc1O. The van der Waals surface area contributed by atoms with E-state index in [-0.39, 0.29) is 5.75 Å². The van der Waals surface area contributed by atoms with E-state index in [1.807, 2.05) is 17.5 Å². The van der Waals surface area contributed by atoms with Crippen LogP contribution in [-0.4, -0.2) is 22.5 Å². The van der Waals surface area contributed by atoms with Crippen molar-refractivity contribution in [3.63, 3.8) is 0 Å². The summed E-state index contributed by atoms with van der Waals surface area (Å²) in [6, 6.07) is 12.3. The topological polar surface area (TPSA) is 49.9 Å². The van der Waals surface area contributed by atoms with E-state index in [9.17, 15) is 5.11 Å². The van der Waals surface area contributed by atoms with Gasteiger partial charge in [-0.05, 0) is 30.3 Å². The van der Waals surface area contributed by atoms with Crippen molar-refractivity contribution in [3.8, 4) is 17.0 Å². The molecule has 4 nitrogen and oxygen atoms in total. The van der Waals surface area contributed by atoms with E-state index in [1.54, 1.807) is 47.3 Å². The molecule has 26 heavy (non-hydrogen) atoms. The van der Waals surface area contributed by atoms with Crippen LogP contribution in [-0.2, 0) is 0 Å². The first kappa shape index (κ1) is 18.5. The smallest absolute Gasteiger partial charge is 0.206 e. The van der Waals surface area contributed by atoms with Crippen molar-refractivity contribution >= 4 is 40.8 Å². The molecule has 0 aliphatic rings. The maximum atomic E-state index is 9.94. The summed E-state index contributed by atoms with van der Waals surface area (Å²) in [7, 11) is 0. The zero-order valence-corrected chi connectivity index (χ0v) is 16.0. The highest BCUT2D eigenvalue weighted by atomic mass is 35.5. The Balaban J connectivity index is 2.13. The zero-order chi connectivity index (χ0) is 18.5. The predicted octanol–water partition coefficient (Wildman–Crippen LogP) is 5.20. The highest BCUT2D eigenvalue weighted by Crippen LogP contribution is 2.30. The van der Waals surface area contributed by atoms with Crippen LogP contribution in [0.25, 0.3) is 11.3 Å². The van der Waals surface area contributed by atoms with E-state index in [1.165, 1.54) is 11.3 Å². The second-order valence-electron chi connectivity index (χ2n) is 5.27. The second-order valence-corrected chi connectivity index (χ2v) is 6.95. The molecule has 132 valence electrons. The first-order chi connectivity index (χ1) is 12.6.